The Morgan fingerprint density at radius 2 is 2.25 bits per heavy atom. The van der Waals surface area contributed by atoms with E-state index in [2.05, 4.69) is 10.6 Å². The van der Waals surface area contributed by atoms with Gasteiger partial charge in [-0.2, -0.15) is 0 Å². The van der Waals surface area contributed by atoms with E-state index >= 15 is 0 Å². The van der Waals surface area contributed by atoms with Gasteiger partial charge in [0.2, 0.25) is 0 Å². The van der Waals surface area contributed by atoms with Gasteiger partial charge in [0, 0.05) is 33.3 Å². The molecular formula is C13H24N2O5. The minimum Gasteiger partial charge on any atom is -0.480 e. The number of ether oxygens (including phenoxy) is 2. The van der Waals surface area contributed by atoms with E-state index in [-0.39, 0.29) is 19.1 Å². The van der Waals surface area contributed by atoms with Crippen molar-refractivity contribution in [3.8, 4) is 0 Å². The molecule has 0 radical (unpaired) electrons. The maximum Gasteiger partial charge on any atom is 0.326 e. The Balaban J connectivity index is 2.18. The first-order valence-electron chi connectivity index (χ1n) is 7.01. The molecule has 1 aliphatic heterocycles. The molecule has 7 heteroatoms. The zero-order valence-corrected chi connectivity index (χ0v) is 11.9. The lowest BCUT2D eigenvalue weighted by Crippen LogP contribution is -2.47. The Labute approximate surface area is 119 Å². The Morgan fingerprint density at radius 1 is 1.45 bits per heavy atom. The summed E-state index contributed by atoms with van der Waals surface area (Å²) in [6.07, 6.45) is 4.48. The van der Waals surface area contributed by atoms with Crippen LogP contribution in [0.2, 0.25) is 0 Å². The highest BCUT2D eigenvalue weighted by Gasteiger charge is 2.19. The summed E-state index contributed by atoms with van der Waals surface area (Å²) in [7, 11) is 1.49. The summed E-state index contributed by atoms with van der Waals surface area (Å²) in [4.78, 5) is 22.5. The average molecular weight is 288 g/mol. The van der Waals surface area contributed by atoms with Crippen LogP contribution in [0.3, 0.4) is 0 Å². The van der Waals surface area contributed by atoms with Gasteiger partial charge in [-0.05, 0) is 25.7 Å². The number of nitrogens with one attached hydrogen (secondary N) is 2. The van der Waals surface area contributed by atoms with Crippen molar-refractivity contribution in [2.75, 3.05) is 26.9 Å². The number of carboxylic acid groups (broad SMARTS) is 1. The Bertz CT molecular complexity index is 305. The third-order valence-corrected chi connectivity index (χ3v) is 3.24. The molecule has 0 bridgehead atoms. The average Bonchev–Trinajstić information content (AvgIpc) is 2.44. The van der Waals surface area contributed by atoms with Gasteiger partial charge in [-0.3, -0.25) is 0 Å². The van der Waals surface area contributed by atoms with Crippen LogP contribution in [0.5, 0.6) is 0 Å². The van der Waals surface area contributed by atoms with Crippen LogP contribution in [0, 0.1) is 0 Å². The quantitative estimate of drug-likeness (QED) is 0.612. The summed E-state index contributed by atoms with van der Waals surface area (Å²) in [6, 6.07) is -1.40. The van der Waals surface area contributed by atoms with E-state index in [4.69, 9.17) is 14.6 Å². The summed E-state index contributed by atoms with van der Waals surface area (Å²) >= 11 is 0. The second-order valence-electron chi connectivity index (χ2n) is 4.85. The second-order valence-corrected chi connectivity index (χ2v) is 4.85. The van der Waals surface area contributed by atoms with Crippen LogP contribution in [-0.2, 0) is 14.3 Å². The molecule has 20 heavy (non-hydrogen) atoms. The summed E-state index contributed by atoms with van der Waals surface area (Å²) < 4.78 is 10.4. The lowest BCUT2D eigenvalue weighted by atomic mass is 10.1. The minimum atomic E-state index is -1.06. The van der Waals surface area contributed by atoms with Crippen LogP contribution in [0.4, 0.5) is 4.79 Å². The number of rotatable bonds is 8. The summed E-state index contributed by atoms with van der Waals surface area (Å²) in [5.74, 6) is -1.06. The van der Waals surface area contributed by atoms with Gasteiger partial charge in [0.25, 0.3) is 0 Å². The largest absolute Gasteiger partial charge is 0.480 e. The number of hydrogen-bond donors (Lipinski definition) is 3. The highest BCUT2D eigenvalue weighted by atomic mass is 16.5. The van der Waals surface area contributed by atoms with Gasteiger partial charge in [-0.15, -0.1) is 0 Å². The fourth-order valence-corrected chi connectivity index (χ4v) is 2.08. The maximum absolute atomic E-state index is 11.6. The first kappa shape index (κ1) is 16.7. The monoisotopic (exact) mass is 288 g/mol. The molecule has 1 rings (SSSR count). The van der Waals surface area contributed by atoms with Gasteiger partial charge in [0.15, 0.2) is 0 Å². The fraction of sp³-hybridized carbons (Fsp3) is 0.846. The van der Waals surface area contributed by atoms with Gasteiger partial charge < -0.3 is 25.2 Å². The van der Waals surface area contributed by atoms with Crippen molar-refractivity contribution in [2.24, 2.45) is 0 Å². The third-order valence-electron chi connectivity index (χ3n) is 3.24. The maximum atomic E-state index is 11.6. The molecule has 2 unspecified atom stereocenters. The number of carbonyl (C=O) groups excluding carboxylic acids is 1. The van der Waals surface area contributed by atoms with E-state index in [0.29, 0.717) is 6.54 Å². The highest BCUT2D eigenvalue weighted by molar-refractivity contribution is 5.82. The molecule has 0 saturated carbocycles. The second kappa shape index (κ2) is 9.55. The van der Waals surface area contributed by atoms with E-state index in [1.54, 1.807) is 0 Å². The van der Waals surface area contributed by atoms with E-state index < -0.39 is 18.0 Å². The summed E-state index contributed by atoms with van der Waals surface area (Å²) in [6.45, 7) is 1.55. The molecule has 3 N–H and O–H groups in total. The fourth-order valence-electron chi connectivity index (χ4n) is 2.08. The number of methoxy groups -OCH3 is 1. The van der Waals surface area contributed by atoms with Gasteiger partial charge in [-0.25, -0.2) is 9.59 Å². The van der Waals surface area contributed by atoms with Crippen LogP contribution in [0.25, 0.3) is 0 Å². The molecule has 116 valence electrons. The molecular weight excluding hydrogens is 264 g/mol. The molecule has 0 aromatic heterocycles. The van der Waals surface area contributed by atoms with Crippen LogP contribution in [-0.4, -0.2) is 56.1 Å². The van der Waals surface area contributed by atoms with Gasteiger partial charge in [0.1, 0.15) is 6.04 Å². The zero-order chi connectivity index (χ0) is 14.8. The van der Waals surface area contributed by atoms with Gasteiger partial charge >= 0.3 is 12.0 Å². The molecule has 1 aliphatic rings. The Hall–Kier alpha value is -1.34. The number of hydrogen-bond acceptors (Lipinski definition) is 4. The standard InChI is InChI=1S/C13H24N2O5/c1-19-9-6-11(12(16)17)15-13(18)14-7-5-10-4-2-3-8-20-10/h10-11H,2-9H2,1H3,(H,16,17)(H2,14,15,18). The number of urea groups is 1. The zero-order valence-electron chi connectivity index (χ0n) is 11.9. The number of carbonyl (C=O) groups is 2. The summed E-state index contributed by atoms with van der Waals surface area (Å²) in [5.41, 5.74) is 0. The number of amides is 2. The molecule has 0 aromatic carbocycles. The predicted molar refractivity (Wildman–Crippen MR) is 72.7 cm³/mol. The smallest absolute Gasteiger partial charge is 0.326 e. The van der Waals surface area contributed by atoms with Crippen LogP contribution >= 0.6 is 0 Å². The molecule has 1 saturated heterocycles. The Morgan fingerprint density at radius 3 is 2.85 bits per heavy atom. The van der Waals surface area contributed by atoms with E-state index in [9.17, 15) is 9.59 Å². The van der Waals surface area contributed by atoms with Gasteiger partial charge in [0.05, 0.1) is 6.10 Å². The SMILES string of the molecule is COCCC(NC(=O)NCCC1CCCCO1)C(=O)O. The minimum absolute atomic E-state index is 0.202. The van der Waals surface area contributed by atoms with E-state index in [1.807, 2.05) is 0 Å². The lowest BCUT2D eigenvalue weighted by Gasteiger charge is -2.22. The number of carboxylic acids is 1. The van der Waals surface area contributed by atoms with Gasteiger partial charge in [-0.1, -0.05) is 0 Å². The summed E-state index contributed by atoms with van der Waals surface area (Å²) in [5, 5.41) is 14.0. The normalized spacial score (nSPS) is 20.1. The number of aliphatic carboxylic acids is 1. The molecule has 0 spiro atoms. The first-order valence-corrected chi connectivity index (χ1v) is 7.01. The van der Waals surface area contributed by atoms with E-state index in [1.165, 1.54) is 7.11 Å². The molecule has 7 nitrogen and oxygen atoms in total. The van der Waals surface area contributed by atoms with Crippen molar-refractivity contribution in [1.29, 1.82) is 0 Å². The predicted octanol–water partition coefficient (Wildman–Crippen LogP) is 0.735. The van der Waals surface area contributed by atoms with Crippen molar-refractivity contribution >= 4 is 12.0 Å². The molecule has 0 aliphatic carbocycles. The molecule has 0 aromatic rings. The Kier molecular flexibility index (Phi) is 7.98. The molecule has 2 atom stereocenters. The van der Waals surface area contributed by atoms with Crippen LogP contribution in [0.15, 0.2) is 0 Å². The molecule has 2 amide bonds. The molecule has 1 fully saturated rings. The van der Waals surface area contributed by atoms with Crippen molar-refractivity contribution in [3.05, 3.63) is 0 Å². The van der Waals surface area contributed by atoms with Crippen molar-refractivity contribution in [1.82, 2.24) is 10.6 Å². The van der Waals surface area contributed by atoms with Crippen molar-refractivity contribution in [2.45, 2.75) is 44.2 Å². The first-order chi connectivity index (χ1) is 9.63. The third kappa shape index (κ3) is 6.72. The highest BCUT2D eigenvalue weighted by Crippen LogP contribution is 2.14. The topological polar surface area (TPSA) is 96.9 Å². The van der Waals surface area contributed by atoms with Crippen molar-refractivity contribution < 1.29 is 24.2 Å². The lowest BCUT2D eigenvalue weighted by molar-refractivity contribution is -0.139. The van der Waals surface area contributed by atoms with E-state index in [0.717, 1.165) is 32.3 Å². The van der Waals surface area contributed by atoms with Crippen molar-refractivity contribution in [3.63, 3.8) is 0 Å². The molecule has 1 heterocycles. The van der Waals surface area contributed by atoms with Crippen LogP contribution in [0.1, 0.15) is 32.1 Å². The van der Waals surface area contributed by atoms with Crippen LogP contribution < -0.4 is 10.6 Å².